The van der Waals surface area contributed by atoms with Crippen molar-refractivity contribution in [2.75, 3.05) is 13.1 Å². The van der Waals surface area contributed by atoms with Gasteiger partial charge in [0.2, 0.25) is 5.91 Å². The number of carbonyl (C=O) groups excluding carboxylic acids is 2. The average Bonchev–Trinajstić information content (AvgIpc) is 2.67. The first-order valence-electron chi connectivity index (χ1n) is 11.0. The quantitative estimate of drug-likeness (QED) is 0.629. The summed E-state index contributed by atoms with van der Waals surface area (Å²) in [6.07, 6.45) is -1.49. The van der Waals surface area contributed by atoms with Crippen molar-refractivity contribution >= 4 is 38.7 Å². The van der Waals surface area contributed by atoms with Crippen LogP contribution in [0.1, 0.15) is 52.7 Å². The largest absolute Gasteiger partial charge is 0.444 e. The number of nitrogens with one attached hydrogen (secondary N) is 1. The van der Waals surface area contributed by atoms with Crippen molar-refractivity contribution in [3.05, 3.63) is 38.7 Å². The molecule has 1 N–H and O–H groups in total. The molecule has 1 aliphatic heterocycles. The van der Waals surface area contributed by atoms with Crippen LogP contribution in [0.4, 0.5) is 13.6 Å². The van der Waals surface area contributed by atoms with Crippen molar-refractivity contribution in [3.8, 4) is 0 Å². The van der Waals surface area contributed by atoms with E-state index in [4.69, 9.17) is 4.74 Å². The minimum absolute atomic E-state index is 0.0221. The molecule has 0 aliphatic carbocycles. The van der Waals surface area contributed by atoms with Gasteiger partial charge in [0.05, 0.1) is 23.7 Å². The maximum atomic E-state index is 14.3. The molecule has 2 heterocycles. The van der Waals surface area contributed by atoms with Crippen LogP contribution < -0.4 is 10.9 Å². The Morgan fingerprint density at radius 2 is 1.97 bits per heavy atom. The normalized spacial score (nSPS) is 18.3. The second-order valence-corrected chi connectivity index (χ2v) is 10.8. The Kier molecular flexibility index (Phi) is 7.35. The molecule has 0 saturated carbocycles. The predicted molar refractivity (Wildman–Crippen MR) is 127 cm³/mol. The van der Waals surface area contributed by atoms with Crippen LogP contribution in [0.2, 0.25) is 0 Å². The van der Waals surface area contributed by atoms with Crippen molar-refractivity contribution in [2.45, 2.75) is 71.1 Å². The van der Waals surface area contributed by atoms with Crippen LogP contribution in [0.25, 0.3) is 10.8 Å². The number of fused-ring (bicyclic) bond motifs is 1. The van der Waals surface area contributed by atoms with Crippen molar-refractivity contribution in [2.24, 2.45) is 0 Å². The van der Waals surface area contributed by atoms with E-state index in [0.29, 0.717) is 16.5 Å². The summed E-state index contributed by atoms with van der Waals surface area (Å²) in [5.74, 6) is -3.86. The lowest BCUT2D eigenvalue weighted by atomic mass is 10.0. The molecule has 0 spiro atoms. The van der Waals surface area contributed by atoms with E-state index >= 15 is 0 Å². The number of nitrogens with zero attached hydrogens (tertiary/aromatic N) is 3. The zero-order valence-electron chi connectivity index (χ0n) is 19.8. The van der Waals surface area contributed by atoms with Gasteiger partial charge < -0.3 is 15.0 Å². The summed E-state index contributed by atoms with van der Waals surface area (Å²) < 4.78 is 35.7. The van der Waals surface area contributed by atoms with E-state index in [1.54, 1.807) is 39.0 Å². The Morgan fingerprint density at radius 1 is 1.29 bits per heavy atom. The molecule has 1 aromatic carbocycles. The number of likely N-dealkylation sites (tertiary alicyclic amines) is 1. The van der Waals surface area contributed by atoms with Gasteiger partial charge in [0.25, 0.3) is 11.5 Å². The lowest BCUT2D eigenvalue weighted by molar-refractivity contribution is -0.125. The van der Waals surface area contributed by atoms with Crippen LogP contribution in [0, 0.1) is 0 Å². The SMILES string of the molecule is CC(C)c1nn(CC(=O)NC2CN(C(=O)OC(C)(C)C)CC(F)(F)C2)c(=O)c2ccc(Br)cc12. The van der Waals surface area contributed by atoms with Gasteiger partial charge in [-0.2, -0.15) is 5.10 Å². The Hall–Kier alpha value is -2.56. The number of rotatable bonds is 4. The first-order valence-corrected chi connectivity index (χ1v) is 11.8. The summed E-state index contributed by atoms with van der Waals surface area (Å²) >= 11 is 3.40. The molecule has 8 nitrogen and oxygen atoms in total. The first-order chi connectivity index (χ1) is 15.6. The van der Waals surface area contributed by atoms with Crippen LogP contribution in [0.3, 0.4) is 0 Å². The fraction of sp³-hybridized carbons (Fsp3) is 0.565. The third-order valence-electron chi connectivity index (χ3n) is 5.22. The van der Waals surface area contributed by atoms with E-state index in [-0.39, 0.29) is 12.5 Å². The molecule has 1 fully saturated rings. The van der Waals surface area contributed by atoms with Gasteiger partial charge in [-0.25, -0.2) is 18.3 Å². The van der Waals surface area contributed by atoms with Gasteiger partial charge in [0.15, 0.2) is 0 Å². The number of hydrogen-bond acceptors (Lipinski definition) is 5. The van der Waals surface area contributed by atoms with Crippen molar-refractivity contribution in [1.29, 1.82) is 0 Å². The lowest BCUT2D eigenvalue weighted by Crippen LogP contribution is -2.57. The highest BCUT2D eigenvalue weighted by Gasteiger charge is 2.43. The maximum absolute atomic E-state index is 14.3. The summed E-state index contributed by atoms with van der Waals surface area (Å²) in [6, 6.07) is 4.19. The number of ether oxygens (including phenoxy) is 1. The van der Waals surface area contributed by atoms with Gasteiger partial charge in [0.1, 0.15) is 12.1 Å². The first kappa shape index (κ1) is 26.1. The molecule has 1 aromatic heterocycles. The van der Waals surface area contributed by atoms with E-state index in [9.17, 15) is 23.2 Å². The standard InChI is InChI=1S/C23H29BrF2N4O4/c1-13(2)19-17-8-14(24)6-7-16(17)20(32)30(28-19)11-18(31)27-15-9-23(25,26)12-29(10-15)21(33)34-22(3,4)5/h6-8,13,15H,9-12H2,1-5H3,(H,27,31). The zero-order chi connectivity index (χ0) is 25.4. The maximum Gasteiger partial charge on any atom is 0.410 e. The number of amides is 2. The Balaban J connectivity index is 1.79. The Bertz CT molecular complexity index is 1160. The number of carbonyl (C=O) groups is 2. The van der Waals surface area contributed by atoms with E-state index < -0.39 is 54.6 Å². The molecule has 1 unspecified atom stereocenters. The third-order valence-corrected chi connectivity index (χ3v) is 5.71. The lowest BCUT2D eigenvalue weighted by Gasteiger charge is -2.38. The highest BCUT2D eigenvalue weighted by atomic mass is 79.9. The third kappa shape index (κ3) is 6.31. The average molecular weight is 543 g/mol. The van der Waals surface area contributed by atoms with E-state index in [1.165, 1.54) is 0 Å². The molecule has 2 aromatic rings. The Morgan fingerprint density at radius 3 is 2.59 bits per heavy atom. The number of aromatic nitrogens is 2. The molecule has 1 aliphatic rings. The smallest absolute Gasteiger partial charge is 0.410 e. The highest BCUT2D eigenvalue weighted by Crippen LogP contribution is 2.28. The van der Waals surface area contributed by atoms with Crippen LogP contribution in [0.5, 0.6) is 0 Å². The molecule has 3 rings (SSSR count). The van der Waals surface area contributed by atoms with Crippen LogP contribution in [-0.2, 0) is 16.1 Å². The molecule has 2 amide bonds. The topological polar surface area (TPSA) is 93.5 Å². The summed E-state index contributed by atoms with van der Waals surface area (Å²) in [6.45, 7) is 7.44. The minimum Gasteiger partial charge on any atom is -0.444 e. The molecule has 11 heteroatoms. The second-order valence-electron chi connectivity index (χ2n) is 9.88. The molecule has 34 heavy (non-hydrogen) atoms. The molecule has 1 atom stereocenters. The Labute approximate surface area is 204 Å². The molecular weight excluding hydrogens is 514 g/mol. The second kappa shape index (κ2) is 9.59. The molecule has 186 valence electrons. The summed E-state index contributed by atoms with van der Waals surface area (Å²) in [5, 5.41) is 8.00. The van der Waals surface area contributed by atoms with Gasteiger partial charge in [-0.15, -0.1) is 0 Å². The van der Waals surface area contributed by atoms with Gasteiger partial charge in [-0.3, -0.25) is 9.59 Å². The number of benzene rings is 1. The molecule has 1 saturated heterocycles. The molecule has 0 bridgehead atoms. The minimum atomic E-state index is -3.19. The van der Waals surface area contributed by atoms with Gasteiger partial charge in [-0.05, 0) is 44.9 Å². The predicted octanol–water partition coefficient (Wildman–Crippen LogP) is 4.04. The molecular formula is C23H29BrF2N4O4. The van der Waals surface area contributed by atoms with Crippen LogP contribution in [-0.4, -0.2) is 57.3 Å². The number of alkyl halides is 2. The van der Waals surface area contributed by atoms with E-state index in [0.717, 1.165) is 14.1 Å². The van der Waals surface area contributed by atoms with E-state index in [2.05, 4.69) is 26.3 Å². The summed E-state index contributed by atoms with van der Waals surface area (Å²) in [7, 11) is 0. The summed E-state index contributed by atoms with van der Waals surface area (Å²) in [5.41, 5.74) is -0.648. The number of halogens is 3. The fourth-order valence-electron chi connectivity index (χ4n) is 3.89. The van der Waals surface area contributed by atoms with Gasteiger partial charge >= 0.3 is 6.09 Å². The number of piperidine rings is 1. The van der Waals surface area contributed by atoms with E-state index in [1.807, 2.05) is 13.8 Å². The highest BCUT2D eigenvalue weighted by molar-refractivity contribution is 9.10. The fourth-order valence-corrected chi connectivity index (χ4v) is 4.25. The monoisotopic (exact) mass is 542 g/mol. The summed E-state index contributed by atoms with van der Waals surface area (Å²) in [4.78, 5) is 38.9. The number of hydrogen-bond donors (Lipinski definition) is 1. The van der Waals surface area contributed by atoms with Gasteiger partial charge in [-0.1, -0.05) is 29.8 Å². The van der Waals surface area contributed by atoms with Crippen LogP contribution >= 0.6 is 15.9 Å². The molecule has 0 radical (unpaired) electrons. The van der Waals surface area contributed by atoms with Crippen molar-refractivity contribution < 1.29 is 23.1 Å². The van der Waals surface area contributed by atoms with Gasteiger partial charge in [0, 0.05) is 22.8 Å². The van der Waals surface area contributed by atoms with Crippen molar-refractivity contribution in [3.63, 3.8) is 0 Å². The van der Waals surface area contributed by atoms with Crippen LogP contribution in [0.15, 0.2) is 27.5 Å². The zero-order valence-corrected chi connectivity index (χ0v) is 21.4. The van der Waals surface area contributed by atoms with Crippen molar-refractivity contribution in [1.82, 2.24) is 20.0 Å².